The maximum Gasteiger partial charge on any atom is 0.119 e. The monoisotopic (exact) mass is 402 g/mol. The van der Waals surface area contributed by atoms with Crippen LogP contribution in [0.5, 0.6) is 5.75 Å². The van der Waals surface area contributed by atoms with Gasteiger partial charge in [0.05, 0.1) is 6.61 Å². The van der Waals surface area contributed by atoms with Crippen molar-refractivity contribution in [3.63, 3.8) is 0 Å². The van der Waals surface area contributed by atoms with E-state index in [2.05, 4.69) is 68.4 Å². The number of hydrogen-bond acceptors (Lipinski definition) is 2. The Labute approximate surface area is 181 Å². The summed E-state index contributed by atoms with van der Waals surface area (Å²) >= 11 is 0. The van der Waals surface area contributed by atoms with E-state index in [0.717, 1.165) is 12.2 Å². The lowest BCUT2D eigenvalue weighted by Crippen LogP contribution is -2.01. The summed E-state index contributed by atoms with van der Waals surface area (Å²) in [7, 11) is 0. The lowest BCUT2D eigenvalue weighted by Gasteiger charge is -2.12. The first kappa shape index (κ1) is 22.1. The molecule has 0 aliphatic carbocycles. The van der Waals surface area contributed by atoms with Crippen molar-refractivity contribution in [2.24, 2.45) is 0 Å². The van der Waals surface area contributed by atoms with E-state index in [0.29, 0.717) is 6.61 Å². The molecule has 0 heterocycles. The summed E-state index contributed by atoms with van der Waals surface area (Å²) < 4.78 is 5.48. The molecule has 0 spiro atoms. The van der Waals surface area contributed by atoms with E-state index in [9.17, 15) is 0 Å². The second kappa shape index (κ2) is 11.6. The van der Waals surface area contributed by atoms with E-state index in [1.165, 1.54) is 65.5 Å². The van der Waals surface area contributed by atoms with Crippen LogP contribution in [0.3, 0.4) is 0 Å². The fourth-order valence-electron chi connectivity index (χ4n) is 3.86. The summed E-state index contributed by atoms with van der Waals surface area (Å²) in [6.45, 7) is 4.82. The lowest BCUT2D eigenvalue weighted by atomic mass is 9.93. The van der Waals surface area contributed by atoms with Gasteiger partial charge in [0.2, 0.25) is 0 Å². The molecule has 0 atom stereocenters. The highest BCUT2D eigenvalue weighted by Gasteiger charge is 2.07. The van der Waals surface area contributed by atoms with E-state index >= 15 is 0 Å². The molecule has 0 aliphatic heterocycles. The Morgan fingerprint density at radius 3 is 2.10 bits per heavy atom. The SMILES string of the molecule is CCCCCCc1ccc(-c2ccc(-c3ccc(OCCO)cc3)c(CC)c2)cc1. The van der Waals surface area contributed by atoms with E-state index < -0.39 is 0 Å². The summed E-state index contributed by atoms with van der Waals surface area (Å²) in [6, 6.07) is 24.0. The fourth-order valence-corrected chi connectivity index (χ4v) is 3.86. The average molecular weight is 403 g/mol. The van der Waals surface area contributed by atoms with Gasteiger partial charge in [0.1, 0.15) is 12.4 Å². The number of aliphatic hydroxyl groups excluding tert-OH is 1. The summed E-state index contributed by atoms with van der Waals surface area (Å²) in [6.07, 6.45) is 7.40. The zero-order chi connectivity index (χ0) is 21.2. The van der Waals surface area contributed by atoms with Gasteiger partial charge in [0, 0.05) is 0 Å². The van der Waals surface area contributed by atoms with Gasteiger partial charge in [-0.05, 0) is 64.8 Å². The van der Waals surface area contributed by atoms with E-state index in [4.69, 9.17) is 9.84 Å². The van der Waals surface area contributed by atoms with Crippen LogP contribution in [0.4, 0.5) is 0 Å². The van der Waals surface area contributed by atoms with Crippen LogP contribution in [0.25, 0.3) is 22.3 Å². The minimum absolute atomic E-state index is 0.0308. The molecule has 2 heteroatoms. The number of aliphatic hydroxyl groups is 1. The van der Waals surface area contributed by atoms with Gasteiger partial charge >= 0.3 is 0 Å². The molecule has 1 N–H and O–H groups in total. The zero-order valence-electron chi connectivity index (χ0n) is 18.4. The predicted octanol–water partition coefficient (Wildman–Crippen LogP) is 7.08. The second-order valence-electron chi connectivity index (χ2n) is 7.83. The van der Waals surface area contributed by atoms with E-state index in [-0.39, 0.29) is 6.61 Å². The quantitative estimate of drug-likeness (QED) is 0.347. The van der Waals surface area contributed by atoms with Gasteiger partial charge in [-0.2, -0.15) is 0 Å². The summed E-state index contributed by atoms with van der Waals surface area (Å²) in [4.78, 5) is 0. The molecule has 0 aliphatic rings. The minimum atomic E-state index is 0.0308. The lowest BCUT2D eigenvalue weighted by molar-refractivity contribution is 0.201. The largest absolute Gasteiger partial charge is 0.491 e. The van der Waals surface area contributed by atoms with Crippen LogP contribution >= 0.6 is 0 Å². The highest BCUT2D eigenvalue weighted by molar-refractivity contribution is 5.74. The van der Waals surface area contributed by atoms with Gasteiger partial charge in [-0.3, -0.25) is 0 Å². The van der Waals surface area contributed by atoms with Gasteiger partial charge in [0.25, 0.3) is 0 Å². The van der Waals surface area contributed by atoms with Crippen molar-refractivity contribution in [1.82, 2.24) is 0 Å². The van der Waals surface area contributed by atoms with Crippen LogP contribution in [0.15, 0.2) is 66.7 Å². The zero-order valence-corrected chi connectivity index (χ0v) is 18.4. The Morgan fingerprint density at radius 2 is 1.43 bits per heavy atom. The van der Waals surface area contributed by atoms with Crippen LogP contribution < -0.4 is 4.74 Å². The number of unbranched alkanes of at least 4 members (excludes halogenated alkanes) is 3. The van der Waals surface area contributed by atoms with Crippen LogP contribution in [-0.2, 0) is 12.8 Å². The van der Waals surface area contributed by atoms with Gasteiger partial charge < -0.3 is 9.84 Å². The topological polar surface area (TPSA) is 29.5 Å². The molecule has 0 saturated heterocycles. The van der Waals surface area contributed by atoms with E-state index in [1.807, 2.05) is 12.1 Å². The summed E-state index contributed by atoms with van der Waals surface area (Å²) in [5.74, 6) is 0.789. The van der Waals surface area contributed by atoms with Gasteiger partial charge in [-0.25, -0.2) is 0 Å². The first-order chi connectivity index (χ1) is 14.7. The molecule has 0 aromatic heterocycles. The minimum Gasteiger partial charge on any atom is -0.491 e. The van der Waals surface area contributed by atoms with Crippen LogP contribution in [-0.4, -0.2) is 18.3 Å². The smallest absolute Gasteiger partial charge is 0.119 e. The molecule has 0 bridgehead atoms. The van der Waals surface area contributed by atoms with Gasteiger partial charge in [-0.1, -0.05) is 87.7 Å². The molecule has 3 rings (SSSR count). The Hall–Kier alpha value is -2.58. The number of aryl methyl sites for hydroxylation is 2. The normalized spacial score (nSPS) is 10.9. The number of ether oxygens (including phenoxy) is 1. The highest BCUT2D eigenvalue weighted by Crippen LogP contribution is 2.31. The molecule has 2 nitrogen and oxygen atoms in total. The molecule has 0 saturated carbocycles. The highest BCUT2D eigenvalue weighted by atomic mass is 16.5. The molecule has 3 aromatic carbocycles. The average Bonchev–Trinajstić information content (AvgIpc) is 2.81. The third-order valence-corrected chi connectivity index (χ3v) is 5.62. The van der Waals surface area contributed by atoms with Crippen molar-refractivity contribution in [2.45, 2.75) is 52.4 Å². The van der Waals surface area contributed by atoms with Gasteiger partial charge in [-0.15, -0.1) is 0 Å². The molecular weight excluding hydrogens is 368 g/mol. The molecule has 3 aromatic rings. The Bertz CT molecular complexity index is 895. The van der Waals surface area contributed by atoms with E-state index in [1.54, 1.807) is 0 Å². The van der Waals surface area contributed by atoms with Crippen molar-refractivity contribution in [3.05, 3.63) is 77.9 Å². The summed E-state index contributed by atoms with van der Waals surface area (Å²) in [5.41, 5.74) is 7.79. The Morgan fingerprint density at radius 1 is 0.733 bits per heavy atom. The van der Waals surface area contributed by atoms with Crippen molar-refractivity contribution in [1.29, 1.82) is 0 Å². The molecule has 0 unspecified atom stereocenters. The van der Waals surface area contributed by atoms with Crippen LogP contribution in [0.2, 0.25) is 0 Å². The standard InChI is InChI=1S/C28H34O2/c1-3-5-6-7-8-22-9-11-24(12-10-22)26-15-18-28(23(4-2)21-26)25-13-16-27(17-14-25)30-20-19-29/h9-18,21,29H,3-8,19-20H2,1-2H3. The van der Waals surface area contributed by atoms with Crippen LogP contribution in [0.1, 0.15) is 50.7 Å². The number of rotatable bonds is 11. The number of benzene rings is 3. The second-order valence-corrected chi connectivity index (χ2v) is 7.83. The first-order valence-electron chi connectivity index (χ1n) is 11.3. The maximum atomic E-state index is 8.90. The fraction of sp³-hybridized carbons (Fsp3) is 0.357. The molecule has 158 valence electrons. The molecule has 0 amide bonds. The Kier molecular flexibility index (Phi) is 8.53. The maximum absolute atomic E-state index is 8.90. The van der Waals surface area contributed by atoms with Crippen molar-refractivity contribution in [2.75, 3.05) is 13.2 Å². The third-order valence-electron chi connectivity index (χ3n) is 5.62. The number of hydrogen-bond donors (Lipinski definition) is 1. The molecule has 0 fully saturated rings. The molecular formula is C28H34O2. The van der Waals surface area contributed by atoms with Crippen molar-refractivity contribution < 1.29 is 9.84 Å². The van der Waals surface area contributed by atoms with Crippen LogP contribution in [0, 0.1) is 0 Å². The van der Waals surface area contributed by atoms with Gasteiger partial charge in [0.15, 0.2) is 0 Å². The molecule has 0 radical (unpaired) electrons. The third kappa shape index (κ3) is 5.96. The summed E-state index contributed by atoms with van der Waals surface area (Å²) in [5, 5.41) is 8.90. The first-order valence-corrected chi connectivity index (χ1v) is 11.3. The van der Waals surface area contributed by atoms with Crippen molar-refractivity contribution in [3.8, 4) is 28.0 Å². The predicted molar refractivity (Wildman–Crippen MR) is 127 cm³/mol. The van der Waals surface area contributed by atoms with Crippen molar-refractivity contribution >= 4 is 0 Å². The molecule has 30 heavy (non-hydrogen) atoms. The Balaban J connectivity index is 1.73.